The van der Waals surface area contributed by atoms with E-state index < -0.39 is 6.61 Å². The molecule has 1 fully saturated rings. The van der Waals surface area contributed by atoms with Gasteiger partial charge in [-0.25, -0.2) is 0 Å². The molecule has 0 spiro atoms. The second-order valence-electron chi connectivity index (χ2n) is 4.90. The highest BCUT2D eigenvalue weighted by Gasteiger charge is 2.19. The molecule has 0 aromatic heterocycles. The number of nitrogens with one attached hydrogen (secondary N) is 1. The summed E-state index contributed by atoms with van der Waals surface area (Å²) in [6, 6.07) is 4.99. The maximum atomic E-state index is 12.4. The van der Waals surface area contributed by atoms with Crippen LogP contribution in [0.3, 0.4) is 0 Å². The summed E-state index contributed by atoms with van der Waals surface area (Å²) < 4.78 is 29.3. The highest BCUT2D eigenvalue weighted by Crippen LogP contribution is 2.25. The Morgan fingerprint density at radius 1 is 1.38 bits per heavy atom. The Balaban J connectivity index is 1.91. The minimum Gasteiger partial charge on any atom is -0.434 e. The van der Waals surface area contributed by atoms with Crippen molar-refractivity contribution in [2.24, 2.45) is 0 Å². The van der Waals surface area contributed by atoms with Crippen molar-refractivity contribution in [1.29, 1.82) is 0 Å². The maximum Gasteiger partial charge on any atom is 0.387 e. The zero-order valence-electron chi connectivity index (χ0n) is 11.8. The van der Waals surface area contributed by atoms with Gasteiger partial charge in [-0.1, -0.05) is 11.6 Å². The van der Waals surface area contributed by atoms with Gasteiger partial charge in [-0.15, -0.1) is 0 Å². The summed E-state index contributed by atoms with van der Waals surface area (Å²) in [7, 11) is 1.66. The van der Waals surface area contributed by atoms with Gasteiger partial charge in [-0.3, -0.25) is 0 Å². The number of piperidine rings is 1. The van der Waals surface area contributed by atoms with E-state index in [9.17, 15) is 8.78 Å². The molecule has 0 bridgehead atoms. The predicted octanol–water partition coefficient (Wildman–Crippen LogP) is 3.06. The smallest absolute Gasteiger partial charge is 0.387 e. The van der Waals surface area contributed by atoms with Crippen molar-refractivity contribution in [3.63, 3.8) is 0 Å². The van der Waals surface area contributed by atoms with Crippen LogP contribution in [0.2, 0.25) is 5.02 Å². The van der Waals surface area contributed by atoms with Crippen molar-refractivity contribution in [2.75, 3.05) is 20.2 Å². The molecule has 0 unspecified atom stereocenters. The van der Waals surface area contributed by atoms with Crippen LogP contribution in [0.4, 0.5) is 8.78 Å². The third-order valence-electron chi connectivity index (χ3n) is 3.53. The molecule has 21 heavy (non-hydrogen) atoms. The molecule has 1 aliphatic heterocycles. The van der Waals surface area contributed by atoms with E-state index in [-0.39, 0.29) is 5.75 Å². The zero-order valence-corrected chi connectivity index (χ0v) is 12.6. The van der Waals surface area contributed by atoms with Gasteiger partial charge in [-0.2, -0.15) is 13.8 Å². The average molecular weight is 321 g/mol. The van der Waals surface area contributed by atoms with Gasteiger partial charge in [0.1, 0.15) is 5.75 Å². The molecule has 1 saturated heterocycles. The second kappa shape index (κ2) is 7.89. The van der Waals surface area contributed by atoms with Gasteiger partial charge >= 0.3 is 6.61 Å². The zero-order chi connectivity index (χ0) is 15.2. The molecule has 7 heteroatoms. The summed E-state index contributed by atoms with van der Waals surface area (Å²) in [5.41, 5.74) is 0.636. The summed E-state index contributed by atoms with van der Waals surface area (Å²) >= 11 is 5.92. The first kappa shape index (κ1) is 16.4. The standard InChI is InChI=1S/C14H19ClF2N2O2/c1-20-19-6-4-12(5-7-19)18-9-10-8-11(15)2-3-13(10)21-14(16)17/h2-3,8,12,14,18H,4-7,9H2,1H3. The van der Waals surface area contributed by atoms with Crippen molar-refractivity contribution < 1.29 is 18.4 Å². The van der Waals surface area contributed by atoms with Crippen LogP contribution in [-0.4, -0.2) is 37.9 Å². The number of hydrogen-bond donors (Lipinski definition) is 1. The van der Waals surface area contributed by atoms with E-state index in [1.165, 1.54) is 6.07 Å². The molecule has 1 aromatic rings. The summed E-state index contributed by atoms with van der Waals surface area (Å²) in [5, 5.41) is 5.77. The van der Waals surface area contributed by atoms with E-state index in [0.717, 1.165) is 25.9 Å². The number of benzene rings is 1. The minimum atomic E-state index is -2.84. The Morgan fingerprint density at radius 3 is 2.71 bits per heavy atom. The largest absolute Gasteiger partial charge is 0.434 e. The molecule has 0 amide bonds. The van der Waals surface area contributed by atoms with Crippen molar-refractivity contribution in [3.05, 3.63) is 28.8 Å². The number of ether oxygens (including phenoxy) is 1. The number of rotatable bonds is 6. The molecule has 4 nitrogen and oxygen atoms in total. The van der Waals surface area contributed by atoms with E-state index in [2.05, 4.69) is 10.1 Å². The van der Waals surface area contributed by atoms with E-state index in [1.54, 1.807) is 19.2 Å². The van der Waals surface area contributed by atoms with Gasteiger partial charge in [-0.05, 0) is 31.0 Å². The minimum absolute atomic E-state index is 0.163. The summed E-state index contributed by atoms with van der Waals surface area (Å²) in [6.45, 7) is -0.691. The third kappa shape index (κ3) is 5.07. The summed E-state index contributed by atoms with van der Waals surface area (Å²) in [5.74, 6) is 0.163. The first-order valence-corrected chi connectivity index (χ1v) is 7.22. The molecular weight excluding hydrogens is 302 g/mol. The fourth-order valence-corrected chi connectivity index (χ4v) is 2.59. The first-order chi connectivity index (χ1) is 10.1. The summed E-state index contributed by atoms with van der Waals surface area (Å²) in [6.07, 6.45) is 1.89. The van der Waals surface area contributed by atoms with Crippen LogP contribution in [0, 0.1) is 0 Å². The molecule has 1 N–H and O–H groups in total. The van der Waals surface area contributed by atoms with Gasteiger partial charge in [0.05, 0.1) is 7.11 Å². The van der Waals surface area contributed by atoms with Crippen LogP contribution >= 0.6 is 11.6 Å². The van der Waals surface area contributed by atoms with Gasteiger partial charge in [0, 0.05) is 36.3 Å². The van der Waals surface area contributed by atoms with E-state index in [1.807, 2.05) is 5.06 Å². The Hall–Kier alpha value is -0.950. The normalized spacial score (nSPS) is 17.4. The molecular formula is C14H19ClF2N2O2. The van der Waals surface area contributed by atoms with Crippen LogP contribution < -0.4 is 10.1 Å². The molecule has 0 saturated carbocycles. The lowest BCUT2D eigenvalue weighted by molar-refractivity contribution is -0.144. The molecule has 0 radical (unpaired) electrons. The number of hydroxylamine groups is 2. The van der Waals surface area contributed by atoms with Crippen molar-refractivity contribution in [3.8, 4) is 5.75 Å². The first-order valence-electron chi connectivity index (χ1n) is 6.84. The Bertz CT molecular complexity index is 455. The van der Waals surface area contributed by atoms with Crippen LogP contribution in [0.15, 0.2) is 18.2 Å². The van der Waals surface area contributed by atoms with Gasteiger partial charge in [0.15, 0.2) is 0 Å². The third-order valence-corrected chi connectivity index (χ3v) is 3.77. The number of alkyl halides is 2. The number of halogens is 3. The highest BCUT2D eigenvalue weighted by molar-refractivity contribution is 6.30. The molecule has 1 aliphatic rings. The molecule has 0 aliphatic carbocycles. The second-order valence-corrected chi connectivity index (χ2v) is 5.33. The quantitative estimate of drug-likeness (QED) is 0.873. The van der Waals surface area contributed by atoms with Crippen LogP contribution in [0.25, 0.3) is 0 Å². The van der Waals surface area contributed by atoms with Crippen LogP contribution in [-0.2, 0) is 11.4 Å². The Kier molecular flexibility index (Phi) is 6.17. The van der Waals surface area contributed by atoms with Gasteiger partial charge in [0.25, 0.3) is 0 Å². The van der Waals surface area contributed by atoms with E-state index in [4.69, 9.17) is 16.4 Å². The van der Waals surface area contributed by atoms with Crippen LogP contribution in [0.5, 0.6) is 5.75 Å². The summed E-state index contributed by atoms with van der Waals surface area (Å²) in [4.78, 5) is 5.17. The van der Waals surface area contributed by atoms with Crippen LogP contribution in [0.1, 0.15) is 18.4 Å². The SMILES string of the molecule is CON1CCC(NCc2cc(Cl)ccc2OC(F)F)CC1. The maximum absolute atomic E-state index is 12.4. The topological polar surface area (TPSA) is 33.7 Å². The Morgan fingerprint density at radius 2 is 2.10 bits per heavy atom. The van der Waals surface area contributed by atoms with Crippen molar-refractivity contribution in [2.45, 2.75) is 32.0 Å². The molecule has 0 atom stereocenters. The van der Waals surface area contributed by atoms with Gasteiger partial charge in [0.2, 0.25) is 0 Å². The van der Waals surface area contributed by atoms with Gasteiger partial charge < -0.3 is 14.9 Å². The lowest BCUT2D eigenvalue weighted by Gasteiger charge is -2.30. The van der Waals surface area contributed by atoms with E-state index >= 15 is 0 Å². The average Bonchev–Trinajstić information content (AvgIpc) is 2.47. The lowest BCUT2D eigenvalue weighted by Crippen LogP contribution is -2.41. The Labute approximate surface area is 127 Å². The van der Waals surface area contributed by atoms with E-state index in [0.29, 0.717) is 23.2 Å². The molecule has 1 heterocycles. The predicted molar refractivity (Wildman–Crippen MR) is 76.5 cm³/mol. The van der Waals surface area contributed by atoms with Crippen molar-refractivity contribution >= 4 is 11.6 Å². The fourth-order valence-electron chi connectivity index (χ4n) is 2.39. The highest BCUT2D eigenvalue weighted by atomic mass is 35.5. The number of hydrogen-bond acceptors (Lipinski definition) is 4. The molecule has 2 rings (SSSR count). The number of nitrogens with zero attached hydrogens (tertiary/aromatic N) is 1. The monoisotopic (exact) mass is 320 g/mol. The molecule has 1 aromatic carbocycles. The lowest BCUT2D eigenvalue weighted by atomic mass is 10.1. The fraction of sp³-hybridized carbons (Fsp3) is 0.571. The molecule has 118 valence electrons. The van der Waals surface area contributed by atoms with Crippen molar-refractivity contribution in [1.82, 2.24) is 10.4 Å².